The fraction of sp³-hybridized carbons (Fsp3) is 0.706. The molecule has 0 saturated carbocycles. The van der Waals surface area contributed by atoms with Gasteiger partial charge in [0.05, 0.1) is 18.8 Å². The number of aromatic nitrogens is 1. The van der Waals surface area contributed by atoms with E-state index in [1.807, 2.05) is 40.0 Å². The summed E-state index contributed by atoms with van der Waals surface area (Å²) < 4.78 is 0. The number of thiazole rings is 1. The summed E-state index contributed by atoms with van der Waals surface area (Å²) in [7, 11) is 0. The molecule has 1 aromatic rings. The smallest absolute Gasteiger partial charge is 0.330 e. The van der Waals surface area contributed by atoms with Gasteiger partial charge in [-0.2, -0.15) is 0 Å². The minimum absolute atomic E-state index is 0.121. The van der Waals surface area contributed by atoms with Gasteiger partial charge in [0.2, 0.25) is 0 Å². The second-order valence-electron chi connectivity index (χ2n) is 7.72. The summed E-state index contributed by atoms with van der Waals surface area (Å²) in [5.41, 5.74) is -1.19. The van der Waals surface area contributed by atoms with Crippen LogP contribution < -0.4 is 0 Å². The normalized spacial score (nSPS) is 18.1. The predicted octanol–water partition coefficient (Wildman–Crippen LogP) is 2.40. The van der Waals surface area contributed by atoms with Crippen molar-refractivity contribution in [2.45, 2.75) is 53.3 Å². The molecule has 7 nitrogen and oxygen atoms in total. The Kier molecular flexibility index (Phi) is 5.44. The third-order valence-corrected chi connectivity index (χ3v) is 5.80. The number of carbonyl (C=O) groups excluding carboxylic acids is 1. The number of urea groups is 1. The molecule has 1 aromatic heterocycles. The zero-order valence-electron chi connectivity index (χ0n) is 15.4. The maximum Gasteiger partial charge on any atom is 0.330 e. The molecule has 1 saturated heterocycles. The van der Waals surface area contributed by atoms with Crippen molar-refractivity contribution in [2.24, 2.45) is 11.3 Å². The minimum atomic E-state index is -1.28. The van der Waals surface area contributed by atoms with Crippen LogP contribution in [0.25, 0.3) is 0 Å². The third kappa shape index (κ3) is 3.25. The fourth-order valence-electron chi connectivity index (χ4n) is 4.01. The van der Waals surface area contributed by atoms with Crippen LogP contribution in [0.1, 0.15) is 45.3 Å². The standard InChI is InChI=1S/C17H27N3O4S/c1-11(2)17(14(22)23,16(3,4)5)20-7-6-19(15(20)24)8-12-10-25-13(9-21)18-12/h10-11,21H,6-9H2,1-5H3,(H,22,23). The lowest BCUT2D eigenvalue weighted by Gasteiger charge is -2.49. The number of aliphatic carboxylic acids is 1. The van der Waals surface area contributed by atoms with Gasteiger partial charge in [0.1, 0.15) is 10.5 Å². The molecule has 140 valence electrons. The zero-order chi connectivity index (χ0) is 19.0. The first kappa shape index (κ1) is 19.7. The minimum Gasteiger partial charge on any atom is -0.479 e. The number of nitrogens with zero attached hydrogens (tertiary/aromatic N) is 3. The molecule has 2 N–H and O–H groups in total. The van der Waals surface area contributed by atoms with Gasteiger partial charge in [-0.1, -0.05) is 34.6 Å². The second-order valence-corrected chi connectivity index (χ2v) is 8.67. The van der Waals surface area contributed by atoms with Crippen LogP contribution in [-0.4, -0.2) is 55.6 Å². The lowest BCUT2D eigenvalue weighted by molar-refractivity contribution is -0.161. The summed E-state index contributed by atoms with van der Waals surface area (Å²) in [6, 6.07) is -0.274. The molecule has 0 spiro atoms. The van der Waals surface area contributed by atoms with Crippen LogP contribution in [0.4, 0.5) is 4.79 Å². The van der Waals surface area contributed by atoms with Gasteiger partial charge in [0.15, 0.2) is 0 Å². The average Bonchev–Trinajstić information content (AvgIpc) is 3.07. The first-order valence-electron chi connectivity index (χ1n) is 8.39. The number of hydrogen-bond acceptors (Lipinski definition) is 5. The van der Waals surface area contributed by atoms with Crippen LogP contribution in [0.2, 0.25) is 0 Å². The molecule has 0 radical (unpaired) electrons. The summed E-state index contributed by atoms with van der Waals surface area (Å²) in [5.74, 6) is -1.21. The maximum absolute atomic E-state index is 13.0. The van der Waals surface area contributed by atoms with E-state index in [4.69, 9.17) is 5.11 Å². The van der Waals surface area contributed by atoms with Gasteiger partial charge in [0, 0.05) is 18.5 Å². The van der Waals surface area contributed by atoms with Crippen molar-refractivity contribution < 1.29 is 19.8 Å². The van der Waals surface area contributed by atoms with Crippen LogP contribution in [0.15, 0.2) is 5.38 Å². The van der Waals surface area contributed by atoms with E-state index in [1.165, 1.54) is 16.2 Å². The molecule has 0 aliphatic carbocycles. The largest absolute Gasteiger partial charge is 0.479 e. The van der Waals surface area contributed by atoms with Crippen molar-refractivity contribution in [1.29, 1.82) is 0 Å². The first-order valence-corrected chi connectivity index (χ1v) is 9.27. The number of rotatable bonds is 6. The molecule has 1 aliphatic heterocycles. The summed E-state index contributed by atoms with van der Waals surface area (Å²) in [6.45, 7) is 10.3. The van der Waals surface area contributed by atoms with E-state index in [1.54, 1.807) is 4.90 Å². The van der Waals surface area contributed by atoms with E-state index in [-0.39, 0.29) is 18.6 Å². The van der Waals surface area contributed by atoms with Crippen LogP contribution in [0, 0.1) is 11.3 Å². The number of carbonyl (C=O) groups is 2. The zero-order valence-corrected chi connectivity index (χ0v) is 16.3. The fourth-order valence-corrected chi connectivity index (χ4v) is 4.66. The number of aliphatic hydroxyl groups excluding tert-OH is 1. The molecule has 0 bridgehead atoms. The molecule has 1 fully saturated rings. The molecule has 8 heteroatoms. The van der Waals surface area contributed by atoms with Crippen molar-refractivity contribution in [3.63, 3.8) is 0 Å². The SMILES string of the molecule is CC(C)C(C(=O)O)(N1CCN(Cc2csc(CO)n2)C1=O)C(C)(C)C. The highest BCUT2D eigenvalue weighted by molar-refractivity contribution is 7.09. The first-order chi connectivity index (χ1) is 11.6. The van der Waals surface area contributed by atoms with E-state index in [2.05, 4.69) is 4.98 Å². The van der Waals surface area contributed by atoms with E-state index in [0.29, 0.717) is 30.3 Å². The molecular formula is C17H27N3O4S. The van der Waals surface area contributed by atoms with Crippen molar-refractivity contribution in [1.82, 2.24) is 14.8 Å². The Hall–Kier alpha value is -1.67. The number of hydrogen-bond donors (Lipinski definition) is 2. The number of amides is 2. The Morgan fingerprint density at radius 3 is 2.44 bits per heavy atom. The Morgan fingerprint density at radius 2 is 2.00 bits per heavy atom. The van der Waals surface area contributed by atoms with E-state index < -0.39 is 16.9 Å². The molecule has 1 unspecified atom stereocenters. The molecule has 2 rings (SSSR count). The van der Waals surface area contributed by atoms with E-state index in [0.717, 1.165) is 0 Å². The molecule has 1 aliphatic rings. The highest BCUT2D eigenvalue weighted by atomic mass is 32.1. The number of carboxylic acids is 1. The summed E-state index contributed by atoms with van der Waals surface area (Å²) in [4.78, 5) is 32.7. The molecule has 25 heavy (non-hydrogen) atoms. The van der Waals surface area contributed by atoms with Crippen molar-refractivity contribution >= 4 is 23.3 Å². The maximum atomic E-state index is 13.0. The second kappa shape index (κ2) is 6.92. The number of aliphatic hydroxyl groups is 1. The van der Waals surface area contributed by atoms with Crippen LogP contribution in [0.3, 0.4) is 0 Å². The van der Waals surface area contributed by atoms with Gasteiger partial charge in [-0.05, 0) is 11.3 Å². The third-order valence-electron chi connectivity index (χ3n) is 4.91. The highest BCUT2D eigenvalue weighted by Crippen LogP contribution is 2.43. The van der Waals surface area contributed by atoms with Crippen LogP contribution in [0.5, 0.6) is 0 Å². The molecule has 2 heterocycles. The Bertz CT molecular complexity index is 653. The highest BCUT2D eigenvalue weighted by Gasteiger charge is 2.59. The number of carboxylic acid groups (broad SMARTS) is 1. The van der Waals surface area contributed by atoms with Gasteiger partial charge >= 0.3 is 12.0 Å². The van der Waals surface area contributed by atoms with Gasteiger partial charge in [0.25, 0.3) is 0 Å². The Balaban J connectivity index is 2.30. The molecular weight excluding hydrogens is 342 g/mol. The summed E-state index contributed by atoms with van der Waals surface area (Å²) in [5, 5.41) is 21.6. The quantitative estimate of drug-likeness (QED) is 0.803. The molecule has 1 atom stereocenters. The van der Waals surface area contributed by atoms with Crippen LogP contribution >= 0.6 is 11.3 Å². The molecule has 0 aromatic carbocycles. The van der Waals surface area contributed by atoms with Gasteiger partial charge in [-0.25, -0.2) is 14.6 Å². The van der Waals surface area contributed by atoms with Crippen molar-refractivity contribution in [3.05, 3.63) is 16.1 Å². The van der Waals surface area contributed by atoms with Crippen molar-refractivity contribution in [3.8, 4) is 0 Å². The van der Waals surface area contributed by atoms with Gasteiger partial charge < -0.3 is 20.0 Å². The average molecular weight is 369 g/mol. The summed E-state index contributed by atoms with van der Waals surface area (Å²) in [6.07, 6.45) is 0. The topological polar surface area (TPSA) is 94.0 Å². The Morgan fingerprint density at radius 1 is 1.36 bits per heavy atom. The Labute approximate surface area is 152 Å². The van der Waals surface area contributed by atoms with E-state index in [9.17, 15) is 14.7 Å². The monoisotopic (exact) mass is 369 g/mol. The summed E-state index contributed by atoms with van der Waals surface area (Å²) >= 11 is 1.35. The predicted molar refractivity (Wildman–Crippen MR) is 95.2 cm³/mol. The van der Waals surface area contributed by atoms with E-state index >= 15 is 0 Å². The lowest BCUT2D eigenvalue weighted by atomic mass is 9.66. The van der Waals surface area contributed by atoms with Crippen LogP contribution in [-0.2, 0) is 17.9 Å². The van der Waals surface area contributed by atoms with Gasteiger partial charge in [-0.15, -0.1) is 11.3 Å². The van der Waals surface area contributed by atoms with Crippen molar-refractivity contribution in [2.75, 3.05) is 13.1 Å². The lowest BCUT2D eigenvalue weighted by Crippen LogP contribution is -2.66. The molecule has 2 amide bonds. The van der Waals surface area contributed by atoms with Gasteiger partial charge in [-0.3, -0.25) is 0 Å².